The van der Waals surface area contributed by atoms with Crippen LogP contribution in [0.4, 0.5) is 0 Å². The summed E-state index contributed by atoms with van der Waals surface area (Å²) in [4.78, 5) is 12.3. The lowest BCUT2D eigenvalue weighted by molar-refractivity contribution is 0.0905. The molecule has 0 bridgehead atoms. The van der Waals surface area contributed by atoms with Gasteiger partial charge < -0.3 is 26.5 Å². The van der Waals surface area contributed by atoms with Gasteiger partial charge in [0.1, 0.15) is 5.54 Å². The second-order valence-electron chi connectivity index (χ2n) is 5.29. The van der Waals surface area contributed by atoms with Crippen LogP contribution in [0.25, 0.3) is 0 Å². The Morgan fingerprint density at radius 2 is 1.86 bits per heavy atom. The van der Waals surface area contributed by atoms with Crippen molar-refractivity contribution < 1.29 is 20.2 Å². The molecule has 1 fully saturated rings. The first kappa shape index (κ1) is 15.0. The quantitative estimate of drug-likeness (QED) is 0.188. The fourth-order valence-electron chi connectivity index (χ4n) is 2.65. The van der Waals surface area contributed by atoms with Gasteiger partial charge in [0.2, 0.25) is 0 Å². The number of nitrogens with two attached hydrogens (primary N) is 1. The molecule has 0 aromatic heterocycles. The Morgan fingerprint density at radius 3 is 2.43 bits per heavy atom. The number of nitrogens with zero attached hydrogens (tertiary/aromatic N) is 1. The maximum Gasteiger partial charge on any atom is 0.252 e. The van der Waals surface area contributed by atoms with Crippen LogP contribution in [-0.2, 0) is 0 Å². The summed E-state index contributed by atoms with van der Waals surface area (Å²) in [6, 6.07) is 3.81. The minimum absolute atomic E-state index is 0.0152. The summed E-state index contributed by atoms with van der Waals surface area (Å²) < 4.78 is 0. The summed E-state index contributed by atoms with van der Waals surface area (Å²) in [6.07, 6.45) is 3.97. The highest BCUT2D eigenvalue weighted by Crippen LogP contribution is 2.30. The van der Waals surface area contributed by atoms with Crippen LogP contribution in [0.5, 0.6) is 11.5 Å². The number of phenols is 2. The highest BCUT2D eigenvalue weighted by atomic mass is 16.4. The van der Waals surface area contributed by atoms with Crippen LogP contribution in [0.1, 0.15) is 42.5 Å². The van der Waals surface area contributed by atoms with E-state index in [1.54, 1.807) is 0 Å². The van der Waals surface area contributed by atoms with Crippen molar-refractivity contribution in [2.75, 3.05) is 0 Å². The van der Waals surface area contributed by atoms with E-state index in [0.29, 0.717) is 12.8 Å². The van der Waals surface area contributed by atoms with Crippen LogP contribution in [0.3, 0.4) is 0 Å². The highest BCUT2D eigenvalue weighted by molar-refractivity contribution is 6.00. The average Bonchev–Trinajstić information content (AvgIpc) is 2.50. The molecule has 21 heavy (non-hydrogen) atoms. The monoisotopic (exact) mass is 293 g/mol. The van der Waals surface area contributed by atoms with Crippen molar-refractivity contribution in [1.82, 2.24) is 5.32 Å². The number of hydrogen-bond acceptors (Lipinski definition) is 5. The standard InChI is InChI=1S/C14H19N3O4/c15-13(17-21)14(6-2-1-3-7-14)16-12(20)9-4-5-10(18)11(19)8-9/h4-5,8,18-19,21H,1-3,6-7H2,(H2,15,17)(H,16,20). The van der Waals surface area contributed by atoms with Crippen LogP contribution in [-0.4, -0.2) is 32.7 Å². The second kappa shape index (κ2) is 5.90. The van der Waals surface area contributed by atoms with E-state index in [9.17, 15) is 15.0 Å². The highest BCUT2D eigenvalue weighted by Gasteiger charge is 2.38. The number of aromatic hydroxyl groups is 2. The molecule has 1 amide bonds. The van der Waals surface area contributed by atoms with Crippen LogP contribution >= 0.6 is 0 Å². The predicted molar refractivity (Wildman–Crippen MR) is 76.5 cm³/mol. The summed E-state index contributed by atoms with van der Waals surface area (Å²) in [5, 5.41) is 33.5. The van der Waals surface area contributed by atoms with Gasteiger partial charge in [0, 0.05) is 5.56 Å². The van der Waals surface area contributed by atoms with Crippen molar-refractivity contribution >= 4 is 11.7 Å². The lowest BCUT2D eigenvalue weighted by Gasteiger charge is -2.36. The minimum atomic E-state index is -0.864. The summed E-state index contributed by atoms with van der Waals surface area (Å²) >= 11 is 0. The van der Waals surface area contributed by atoms with Crippen molar-refractivity contribution in [3.05, 3.63) is 23.8 Å². The van der Waals surface area contributed by atoms with Gasteiger partial charge >= 0.3 is 0 Å². The number of hydrogen-bond donors (Lipinski definition) is 5. The molecular weight excluding hydrogens is 274 g/mol. The molecular formula is C14H19N3O4. The van der Waals surface area contributed by atoms with Crippen molar-refractivity contribution in [1.29, 1.82) is 0 Å². The third-order valence-electron chi connectivity index (χ3n) is 3.90. The molecule has 7 heteroatoms. The van der Waals surface area contributed by atoms with Crippen molar-refractivity contribution in [3.63, 3.8) is 0 Å². The first-order valence-corrected chi connectivity index (χ1v) is 6.81. The average molecular weight is 293 g/mol. The molecule has 0 aliphatic heterocycles. The molecule has 1 aliphatic rings. The van der Waals surface area contributed by atoms with Gasteiger partial charge in [-0.05, 0) is 31.0 Å². The molecule has 0 heterocycles. The van der Waals surface area contributed by atoms with Crippen LogP contribution < -0.4 is 11.1 Å². The van der Waals surface area contributed by atoms with E-state index >= 15 is 0 Å². The Hall–Kier alpha value is -2.44. The van der Waals surface area contributed by atoms with Gasteiger partial charge in [-0.3, -0.25) is 4.79 Å². The van der Waals surface area contributed by atoms with E-state index in [1.807, 2.05) is 0 Å². The molecule has 0 unspecified atom stereocenters. The van der Waals surface area contributed by atoms with Crippen LogP contribution in [0, 0.1) is 0 Å². The molecule has 0 atom stereocenters. The van der Waals surface area contributed by atoms with E-state index < -0.39 is 11.4 Å². The van der Waals surface area contributed by atoms with E-state index in [1.165, 1.54) is 18.2 Å². The third-order valence-corrected chi connectivity index (χ3v) is 3.90. The number of carbonyl (C=O) groups excluding carboxylic acids is 1. The summed E-state index contributed by atoms with van der Waals surface area (Å²) in [6.45, 7) is 0. The summed E-state index contributed by atoms with van der Waals surface area (Å²) in [7, 11) is 0. The Bertz CT molecular complexity index is 565. The van der Waals surface area contributed by atoms with E-state index in [4.69, 9.17) is 10.9 Å². The summed E-state index contributed by atoms with van der Waals surface area (Å²) in [5.41, 5.74) is 5.09. The molecule has 2 rings (SSSR count). The molecule has 1 saturated carbocycles. The van der Waals surface area contributed by atoms with Gasteiger partial charge in [-0.15, -0.1) is 0 Å². The lowest BCUT2D eigenvalue weighted by atomic mass is 9.80. The molecule has 1 aromatic carbocycles. The molecule has 0 radical (unpaired) electrons. The predicted octanol–water partition coefficient (Wildman–Crippen LogP) is 1.28. The molecule has 1 aliphatic carbocycles. The molecule has 1 aromatic rings. The first-order chi connectivity index (χ1) is 9.98. The van der Waals surface area contributed by atoms with Crippen molar-refractivity contribution in [3.8, 4) is 11.5 Å². The number of carbonyl (C=O) groups is 1. The van der Waals surface area contributed by atoms with Gasteiger partial charge in [0.05, 0.1) is 0 Å². The number of oxime groups is 1. The third kappa shape index (κ3) is 3.01. The fourth-order valence-corrected chi connectivity index (χ4v) is 2.65. The topological polar surface area (TPSA) is 128 Å². The zero-order valence-electron chi connectivity index (χ0n) is 11.5. The Kier molecular flexibility index (Phi) is 4.21. The van der Waals surface area contributed by atoms with Gasteiger partial charge in [-0.1, -0.05) is 24.4 Å². The normalized spacial score (nSPS) is 18.2. The maximum atomic E-state index is 12.3. The number of rotatable bonds is 3. The molecule has 6 N–H and O–H groups in total. The Balaban J connectivity index is 2.23. The van der Waals surface area contributed by atoms with Crippen molar-refractivity contribution in [2.45, 2.75) is 37.6 Å². The minimum Gasteiger partial charge on any atom is -0.504 e. The van der Waals surface area contributed by atoms with E-state index in [2.05, 4.69) is 10.5 Å². The number of nitrogens with one attached hydrogen (secondary N) is 1. The number of benzene rings is 1. The lowest BCUT2D eigenvalue weighted by Crippen LogP contribution is -2.58. The van der Waals surface area contributed by atoms with Gasteiger partial charge in [0.25, 0.3) is 5.91 Å². The first-order valence-electron chi connectivity index (χ1n) is 6.81. The molecule has 7 nitrogen and oxygen atoms in total. The number of amides is 1. The molecule has 114 valence electrons. The Morgan fingerprint density at radius 1 is 1.19 bits per heavy atom. The SMILES string of the molecule is N/C(=N/O)C1(NC(=O)c2ccc(O)c(O)c2)CCCCC1. The zero-order valence-corrected chi connectivity index (χ0v) is 11.5. The number of amidine groups is 1. The van der Waals surface area contributed by atoms with E-state index in [0.717, 1.165) is 19.3 Å². The van der Waals surface area contributed by atoms with Crippen LogP contribution in [0.15, 0.2) is 23.4 Å². The zero-order chi connectivity index (χ0) is 15.5. The van der Waals surface area contributed by atoms with Gasteiger partial charge in [-0.25, -0.2) is 0 Å². The smallest absolute Gasteiger partial charge is 0.252 e. The maximum absolute atomic E-state index is 12.3. The molecule has 0 spiro atoms. The van der Waals surface area contributed by atoms with Gasteiger partial charge in [-0.2, -0.15) is 0 Å². The van der Waals surface area contributed by atoms with Gasteiger partial charge in [0.15, 0.2) is 17.3 Å². The van der Waals surface area contributed by atoms with E-state index in [-0.39, 0.29) is 22.9 Å². The second-order valence-corrected chi connectivity index (χ2v) is 5.29. The fraction of sp³-hybridized carbons (Fsp3) is 0.429. The Labute approximate surface area is 122 Å². The van der Waals surface area contributed by atoms with Crippen molar-refractivity contribution in [2.24, 2.45) is 10.9 Å². The number of phenolic OH excluding ortho intramolecular Hbond substituents is 2. The summed E-state index contributed by atoms with van der Waals surface area (Å²) in [5.74, 6) is -1.13. The van der Waals surface area contributed by atoms with Crippen LogP contribution in [0.2, 0.25) is 0 Å². The molecule has 0 saturated heterocycles. The largest absolute Gasteiger partial charge is 0.504 e.